The smallest absolute Gasteiger partial charge is 0.164 e. The molecule has 1 heterocycles. The molecule has 4 fully saturated rings. The molecule has 5 rings (SSSR count). The van der Waals surface area contributed by atoms with E-state index >= 15 is 0 Å². The van der Waals surface area contributed by atoms with Crippen LogP contribution in [0.3, 0.4) is 0 Å². The Hall–Kier alpha value is -1.49. The van der Waals surface area contributed by atoms with E-state index in [1.54, 1.807) is 6.08 Å². The molecule has 1 saturated heterocycles. The predicted octanol–water partition coefficient (Wildman–Crippen LogP) is 5.31. The number of ether oxygens (including phenoxy) is 3. The number of hydrogen-bond donors (Lipinski definition) is 0. The van der Waals surface area contributed by atoms with Crippen molar-refractivity contribution in [2.75, 3.05) is 6.61 Å². The van der Waals surface area contributed by atoms with Crippen LogP contribution in [0.1, 0.15) is 58.9 Å². The highest BCUT2D eigenvalue weighted by atomic mass is 16.8. The maximum atomic E-state index is 11.3. The highest BCUT2D eigenvalue weighted by Crippen LogP contribution is 2.75. The third-order valence-electron chi connectivity index (χ3n) is 9.15. The lowest BCUT2D eigenvalue weighted by Crippen LogP contribution is -2.52. The molecule has 0 aromatic heterocycles. The summed E-state index contributed by atoms with van der Waals surface area (Å²) in [5, 5.41) is 0. The predicted molar refractivity (Wildman–Crippen MR) is 119 cm³/mol. The van der Waals surface area contributed by atoms with Gasteiger partial charge in [-0.1, -0.05) is 43.3 Å². The number of allylic oxidation sites excluding steroid dienone is 2. The van der Waals surface area contributed by atoms with E-state index in [9.17, 15) is 4.79 Å². The molecule has 0 radical (unpaired) electrons. The maximum Gasteiger partial charge on any atom is 0.164 e. The first-order valence-electron chi connectivity index (χ1n) is 11.9. The number of aldehydes is 1. The molecule has 1 aliphatic heterocycles. The van der Waals surface area contributed by atoms with Gasteiger partial charge in [0.15, 0.2) is 5.79 Å². The molecule has 7 atom stereocenters. The van der Waals surface area contributed by atoms with Gasteiger partial charge in [-0.3, -0.25) is 4.79 Å². The molecule has 1 aromatic carbocycles. The standard InChI is InChI=1S/C27H36O4/c1-24(2)30-23-16-27-15-22(26(23,4)31-24)25(3,13-8-14-28)21(27)12-11-20(27)18-29-17-19-9-6-5-7-10-19/h5-10,13-14,20-23H,11-12,15-18H2,1-4H3/b13-8+/t20-,21+,22-,23-,25-,26+,27-/m1/s1. The van der Waals surface area contributed by atoms with Gasteiger partial charge in [-0.05, 0) is 86.7 Å². The molecule has 0 unspecified atom stereocenters. The second-order valence-electron chi connectivity index (χ2n) is 11.2. The van der Waals surface area contributed by atoms with Crippen molar-refractivity contribution in [3.05, 3.63) is 48.0 Å². The highest BCUT2D eigenvalue weighted by molar-refractivity contribution is 5.65. The maximum absolute atomic E-state index is 11.3. The van der Waals surface area contributed by atoms with Crippen LogP contribution in [0.15, 0.2) is 42.5 Å². The van der Waals surface area contributed by atoms with Crippen molar-refractivity contribution in [2.45, 2.75) is 77.5 Å². The molecule has 168 valence electrons. The lowest BCUT2D eigenvalue weighted by molar-refractivity contribution is -0.175. The molecule has 1 spiro atoms. The van der Waals surface area contributed by atoms with E-state index in [0.29, 0.717) is 24.4 Å². The van der Waals surface area contributed by atoms with E-state index < -0.39 is 5.79 Å². The number of carbonyl (C=O) groups excluding carboxylic acids is 1. The first-order valence-corrected chi connectivity index (χ1v) is 11.9. The Morgan fingerprint density at radius 3 is 2.58 bits per heavy atom. The summed E-state index contributed by atoms with van der Waals surface area (Å²) in [6.45, 7) is 10.1. The first-order chi connectivity index (χ1) is 14.7. The molecular weight excluding hydrogens is 388 g/mol. The molecule has 1 aromatic rings. The van der Waals surface area contributed by atoms with Gasteiger partial charge in [0.05, 0.1) is 24.9 Å². The quantitative estimate of drug-likeness (QED) is 0.458. The zero-order chi connectivity index (χ0) is 21.9. The van der Waals surface area contributed by atoms with Crippen LogP contribution in [0, 0.1) is 28.6 Å². The highest BCUT2D eigenvalue weighted by Gasteiger charge is 2.75. The zero-order valence-corrected chi connectivity index (χ0v) is 19.3. The third-order valence-corrected chi connectivity index (χ3v) is 9.15. The largest absolute Gasteiger partial charge is 0.376 e. The van der Waals surface area contributed by atoms with Crippen molar-refractivity contribution in [1.82, 2.24) is 0 Å². The zero-order valence-electron chi connectivity index (χ0n) is 19.3. The molecule has 4 aliphatic rings. The molecule has 31 heavy (non-hydrogen) atoms. The fourth-order valence-electron chi connectivity index (χ4n) is 8.11. The fourth-order valence-corrected chi connectivity index (χ4v) is 8.11. The van der Waals surface area contributed by atoms with Gasteiger partial charge in [0, 0.05) is 0 Å². The summed E-state index contributed by atoms with van der Waals surface area (Å²) < 4.78 is 19.4. The van der Waals surface area contributed by atoms with Crippen molar-refractivity contribution in [3.63, 3.8) is 0 Å². The van der Waals surface area contributed by atoms with Gasteiger partial charge >= 0.3 is 0 Å². The Morgan fingerprint density at radius 1 is 1.06 bits per heavy atom. The topological polar surface area (TPSA) is 44.8 Å². The van der Waals surface area contributed by atoms with E-state index in [0.717, 1.165) is 25.7 Å². The van der Waals surface area contributed by atoms with E-state index in [-0.39, 0.29) is 22.5 Å². The Labute approximate surface area is 186 Å². The van der Waals surface area contributed by atoms with Gasteiger partial charge in [0.25, 0.3) is 0 Å². The van der Waals surface area contributed by atoms with Crippen molar-refractivity contribution in [3.8, 4) is 0 Å². The summed E-state index contributed by atoms with van der Waals surface area (Å²) in [5.41, 5.74) is 1.03. The number of benzene rings is 1. The minimum Gasteiger partial charge on any atom is -0.376 e. The number of fused-ring (bicyclic) bond motifs is 3. The summed E-state index contributed by atoms with van der Waals surface area (Å²) >= 11 is 0. The molecule has 0 N–H and O–H groups in total. The Bertz CT molecular complexity index is 863. The summed E-state index contributed by atoms with van der Waals surface area (Å²) in [6.07, 6.45) is 9.43. The lowest BCUT2D eigenvalue weighted by atomic mass is 9.62. The van der Waals surface area contributed by atoms with E-state index in [4.69, 9.17) is 14.2 Å². The monoisotopic (exact) mass is 424 g/mol. The van der Waals surface area contributed by atoms with Crippen LogP contribution in [0.25, 0.3) is 0 Å². The molecule has 3 saturated carbocycles. The van der Waals surface area contributed by atoms with Crippen LogP contribution in [-0.2, 0) is 25.6 Å². The van der Waals surface area contributed by atoms with Crippen LogP contribution in [-0.4, -0.2) is 30.4 Å². The molecular formula is C27H36O4. The van der Waals surface area contributed by atoms with Crippen molar-refractivity contribution < 1.29 is 19.0 Å². The average Bonchev–Trinajstić information content (AvgIpc) is 3.27. The minimum absolute atomic E-state index is 0.0671. The van der Waals surface area contributed by atoms with Crippen LogP contribution in [0.2, 0.25) is 0 Å². The number of rotatable bonds is 6. The van der Waals surface area contributed by atoms with Gasteiger partial charge in [-0.2, -0.15) is 0 Å². The van der Waals surface area contributed by atoms with Gasteiger partial charge < -0.3 is 14.2 Å². The van der Waals surface area contributed by atoms with Gasteiger partial charge in [-0.25, -0.2) is 0 Å². The Kier molecular flexibility index (Phi) is 5.00. The van der Waals surface area contributed by atoms with E-state index in [1.807, 2.05) is 19.9 Å². The third kappa shape index (κ3) is 3.17. The average molecular weight is 425 g/mol. The first kappa shape index (κ1) is 21.4. The number of hydrogen-bond acceptors (Lipinski definition) is 4. The Morgan fingerprint density at radius 2 is 1.84 bits per heavy atom. The fraction of sp³-hybridized carbons (Fsp3) is 0.667. The summed E-state index contributed by atoms with van der Waals surface area (Å²) in [5.74, 6) is 0.818. The second kappa shape index (κ2) is 7.26. The van der Waals surface area contributed by atoms with Crippen molar-refractivity contribution >= 4 is 6.29 Å². The second-order valence-corrected chi connectivity index (χ2v) is 11.2. The molecule has 2 bridgehead atoms. The minimum atomic E-state index is -0.566. The lowest BCUT2D eigenvalue weighted by Gasteiger charge is -2.47. The number of carbonyl (C=O) groups is 1. The van der Waals surface area contributed by atoms with E-state index in [2.05, 4.69) is 44.2 Å². The Balaban J connectivity index is 1.44. The normalized spacial score (nSPS) is 45.0. The van der Waals surface area contributed by atoms with Gasteiger partial charge in [0.2, 0.25) is 0 Å². The molecule has 4 heteroatoms. The van der Waals surface area contributed by atoms with Crippen LogP contribution < -0.4 is 0 Å². The van der Waals surface area contributed by atoms with Crippen molar-refractivity contribution in [2.24, 2.45) is 28.6 Å². The van der Waals surface area contributed by atoms with Gasteiger partial charge in [-0.15, -0.1) is 0 Å². The molecule has 0 amide bonds. The van der Waals surface area contributed by atoms with Crippen LogP contribution >= 0.6 is 0 Å². The van der Waals surface area contributed by atoms with Crippen LogP contribution in [0.4, 0.5) is 0 Å². The van der Waals surface area contributed by atoms with E-state index in [1.165, 1.54) is 18.4 Å². The summed E-state index contributed by atoms with van der Waals surface area (Å²) in [4.78, 5) is 11.3. The van der Waals surface area contributed by atoms with Crippen molar-refractivity contribution in [1.29, 1.82) is 0 Å². The SMILES string of the molecule is CC1(C)O[C@@H]2C[C@@]34C[C@H]([C@](C)(/C=C/C=O)[C@@H]3CC[C@@H]4COCc3ccccc3)[C@]2(C)O1. The summed E-state index contributed by atoms with van der Waals surface area (Å²) in [6, 6.07) is 10.4. The molecule has 3 aliphatic carbocycles. The summed E-state index contributed by atoms with van der Waals surface area (Å²) in [7, 11) is 0. The van der Waals surface area contributed by atoms with Crippen LogP contribution in [0.5, 0.6) is 0 Å². The van der Waals surface area contributed by atoms with Gasteiger partial charge in [0.1, 0.15) is 6.29 Å². The molecule has 4 nitrogen and oxygen atoms in total.